The largest absolute Gasteiger partial charge is 0.361 e. The van der Waals surface area contributed by atoms with Crippen LogP contribution in [0.4, 0.5) is 11.5 Å². The van der Waals surface area contributed by atoms with Gasteiger partial charge in [-0.25, -0.2) is 9.97 Å². The number of aromatic nitrogens is 3. The van der Waals surface area contributed by atoms with Gasteiger partial charge in [0, 0.05) is 45.6 Å². The van der Waals surface area contributed by atoms with Gasteiger partial charge >= 0.3 is 0 Å². The van der Waals surface area contributed by atoms with Gasteiger partial charge in [0.05, 0.1) is 10.2 Å². The van der Waals surface area contributed by atoms with Crippen molar-refractivity contribution in [2.24, 2.45) is 0 Å². The van der Waals surface area contributed by atoms with Crippen molar-refractivity contribution in [1.82, 2.24) is 20.3 Å². The fourth-order valence-corrected chi connectivity index (χ4v) is 5.62. The van der Waals surface area contributed by atoms with E-state index in [0.717, 1.165) is 40.3 Å². The maximum absolute atomic E-state index is 4.52. The van der Waals surface area contributed by atoms with E-state index in [1.54, 1.807) is 29.0 Å². The van der Waals surface area contributed by atoms with Crippen LogP contribution < -0.4 is 10.6 Å². The average Bonchev–Trinajstić information content (AvgIpc) is 3.60. The third kappa shape index (κ3) is 4.26. The minimum Gasteiger partial charge on any atom is -0.361 e. The quantitative estimate of drug-likeness (QED) is 0.238. The van der Waals surface area contributed by atoms with Gasteiger partial charge in [-0.05, 0) is 52.9 Å². The molecule has 3 N–H and O–H groups in total. The van der Waals surface area contributed by atoms with Crippen molar-refractivity contribution in [3.8, 4) is 10.4 Å². The molecular weight excluding hydrogens is 446 g/mol. The zero-order valence-electron chi connectivity index (χ0n) is 17.7. The van der Waals surface area contributed by atoms with Crippen LogP contribution >= 0.6 is 22.7 Å². The molecule has 7 heteroatoms. The molecule has 33 heavy (non-hydrogen) atoms. The van der Waals surface area contributed by atoms with Gasteiger partial charge in [0.1, 0.15) is 6.33 Å². The first-order valence-corrected chi connectivity index (χ1v) is 12.4. The molecule has 0 radical (unpaired) electrons. The molecule has 6 aromatic rings. The molecule has 0 bridgehead atoms. The van der Waals surface area contributed by atoms with Gasteiger partial charge in [0.15, 0.2) is 5.82 Å². The Hall–Kier alpha value is -3.52. The minimum atomic E-state index is 0.834. The SMILES string of the molecule is c1csc(CNCc2ccc(-c3cc4ncnc(Nc5ccc6[nH]ccc6c5)c4s3)cc2)c1. The predicted octanol–water partition coefficient (Wildman–Crippen LogP) is 6.93. The predicted molar refractivity (Wildman–Crippen MR) is 139 cm³/mol. The summed E-state index contributed by atoms with van der Waals surface area (Å²) in [5, 5.41) is 10.3. The molecule has 0 aliphatic rings. The Labute approximate surface area is 199 Å². The second kappa shape index (κ2) is 8.78. The first-order chi connectivity index (χ1) is 16.3. The highest BCUT2D eigenvalue weighted by Crippen LogP contribution is 2.36. The lowest BCUT2D eigenvalue weighted by molar-refractivity contribution is 0.701. The Morgan fingerprint density at radius 2 is 1.85 bits per heavy atom. The minimum absolute atomic E-state index is 0.834. The Morgan fingerprint density at radius 1 is 0.909 bits per heavy atom. The number of benzene rings is 2. The number of thiophene rings is 2. The van der Waals surface area contributed by atoms with Crippen molar-refractivity contribution in [2.75, 3.05) is 5.32 Å². The number of rotatable bonds is 7. The van der Waals surface area contributed by atoms with E-state index in [1.807, 2.05) is 6.20 Å². The number of aromatic amines is 1. The molecule has 0 fully saturated rings. The van der Waals surface area contributed by atoms with E-state index in [2.05, 4.69) is 97.7 Å². The molecule has 0 saturated carbocycles. The van der Waals surface area contributed by atoms with Crippen LogP contribution in [0.5, 0.6) is 0 Å². The smallest absolute Gasteiger partial charge is 0.151 e. The third-order valence-corrected chi connectivity index (χ3v) is 7.63. The summed E-state index contributed by atoms with van der Waals surface area (Å²) in [4.78, 5) is 14.8. The van der Waals surface area contributed by atoms with E-state index >= 15 is 0 Å². The zero-order valence-corrected chi connectivity index (χ0v) is 19.3. The summed E-state index contributed by atoms with van der Waals surface area (Å²) in [7, 11) is 0. The molecule has 0 unspecified atom stereocenters. The highest BCUT2D eigenvalue weighted by molar-refractivity contribution is 7.22. The van der Waals surface area contributed by atoms with Crippen LogP contribution in [0.1, 0.15) is 10.4 Å². The number of H-pyrrole nitrogens is 1. The summed E-state index contributed by atoms with van der Waals surface area (Å²) in [6, 6.07) is 23.5. The van der Waals surface area contributed by atoms with Gasteiger partial charge in [-0.15, -0.1) is 22.7 Å². The van der Waals surface area contributed by atoms with Crippen LogP contribution in [0.15, 0.2) is 84.6 Å². The maximum atomic E-state index is 4.52. The zero-order chi connectivity index (χ0) is 22.0. The number of fused-ring (bicyclic) bond motifs is 2. The number of anilines is 2. The fourth-order valence-electron chi connectivity index (χ4n) is 3.88. The van der Waals surface area contributed by atoms with E-state index < -0.39 is 0 Å². The summed E-state index contributed by atoms with van der Waals surface area (Å²) in [5.74, 6) is 0.834. The highest BCUT2D eigenvalue weighted by atomic mass is 32.1. The lowest BCUT2D eigenvalue weighted by Crippen LogP contribution is -2.11. The number of nitrogens with zero attached hydrogens (tertiary/aromatic N) is 2. The number of hydrogen-bond donors (Lipinski definition) is 3. The second-order valence-electron chi connectivity index (χ2n) is 7.83. The van der Waals surface area contributed by atoms with Crippen molar-refractivity contribution in [3.63, 3.8) is 0 Å². The Kier molecular flexibility index (Phi) is 5.35. The second-order valence-corrected chi connectivity index (χ2v) is 9.92. The van der Waals surface area contributed by atoms with E-state index in [-0.39, 0.29) is 0 Å². The van der Waals surface area contributed by atoms with Gasteiger partial charge < -0.3 is 15.6 Å². The third-order valence-electron chi connectivity index (χ3n) is 5.57. The van der Waals surface area contributed by atoms with Crippen molar-refractivity contribution in [3.05, 3.63) is 95.1 Å². The van der Waals surface area contributed by atoms with Crippen LogP contribution in [0.25, 0.3) is 31.6 Å². The molecule has 4 aromatic heterocycles. The summed E-state index contributed by atoms with van der Waals surface area (Å²) < 4.78 is 1.06. The summed E-state index contributed by atoms with van der Waals surface area (Å²) in [6.45, 7) is 1.76. The normalized spacial score (nSPS) is 11.4. The molecule has 2 aromatic carbocycles. The topological polar surface area (TPSA) is 65.6 Å². The monoisotopic (exact) mass is 467 g/mol. The summed E-state index contributed by atoms with van der Waals surface area (Å²) >= 11 is 3.50. The molecule has 162 valence electrons. The average molecular weight is 468 g/mol. The Balaban J connectivity index is 1.21. The van der Waals surface area contributed by atoms with Gasteiger partial charge in [0.2, 0.25) is 0 Å². The molecule has 0 saturated heterocycles. The summed E-state index contributed by atoms with van der Waals surface area (Å²) in [6.07, 6.45) is 3.58. The van der Waals surface area contributed by atoms with Crippen LogP contribution in [-0.2, 0) is 13.1 Å². The molecule has 0 amide bonds. The molecule has 0 spiro atoms. The van der Waals surface area contributed by atoms with Crippen molar-refractivity contribution >= 4 is 55.3 Å². The van der Waals surface area contributed by atoms with Gasteiger partial charge in [-0.3, -0.25) is 0 Å². The Morgan fingerprint density at radius 3 is 2.73 bits per heavy atom. The molecule has 0 atom stereocenters. The first-order valence-electron chi connectivity index (χ1n) is 10.7. The molecule has 0 aliphatic carbocycles. The number of nitrogens with one attached hydrogen (secondary N) is 3. The Bertz CT molecular complexity index is 1510. The molecule has 0 aliphatic heterocycles. The van der Waals surface area contributed by atoms with Crippen LogP contribution in [0.2, 0.25) is 0 Å². The maximum Gasteiger partial charge on any atom is 0.151 e. The summed E-state index contributed by atoms with van der Waals surface area (Å²) in [5.41, 5.74) is 5.56. The highest BCUT2D eigenvalue weighted by Gasteiger charge is 2.11. The van der Waals surface area contributed by atoms with Crippen molar-refractivity contribution in [2.45, 2.75) is 13.1 Å². The lowest BCUT2D eigenvalue weighted by Gasteiger charge is -2.06. The van der Waals surface area contributed by atoms with E-state index in [1.165, 1.54) is 26.3 Å². The van der Waals surface area contributed by atoms with Crippen molar-refractivity contribution < 1.29 is 0 Å². The molecule has 6 rings (SSSR count). The van der Waals surface area contributed by atoms with E-state index in [0.29, 0.717) is 0 Å². The molecule has 5 nitrogen and oxygen atoms in total. The molecular formula is C26H21N5S2. The van der Waals surface area contributed by atoms with Gasteiger partial charge in [-0.1, -0.05) is 30.3 Å². The number of hydrogen-bond acceptors (Lipinski definition) is 6. The van der Waals surface area contributed by atoms with Crippen LogP contribution in [0.3, 0.4) is 0 Å². The van der Waals surface area contributed by atoms with Gasteiger partial charge in [-0.2, -0.15) is 0 Å². The van der Waals surface area contributed by atoms with Gasteiger partial charge in [0.25, 0.3) is 0 Å². The van der Waals surface area contributed by atoms with E-state index in [4.69, 9.17) is 0 Å². The van der Waals surface area contributed by atoms with E-state index in [9.17, 15) is 0 Å². The fraction of sp³-hybridized carbons (Fsp3) is 0.0769. The molecule has 4 heterocycles. The van der Waals surface area contributed by atoms with Crippen LogP contribution in [0, 0.1) is 0 Å². The first kappa shape index (κ1) is 20.1. The van der Waals surface area contributed by atoms with Crippen LogP contribution in [-0.4, -0.2) is 15.0 Å². The standard InChI is InChI=1S/C26H21N5S2/c1-2-21(32-11-1)15-27-14-17-3-5-18(6-4-17)24-13-23-25(33-24)26(30-16-29-23)31-20-7-8-22-19(12-20)9-10-28-22/h1-13,16,27-28H,14-15H2,(H,29,30,31). The lowest BCUT2D eigenvalue weighted by atomic mass is 10.1. The van der Waals surface area contributed by atoms with Crippen molar-refractivity contribution in [1.29, 1.82) is 0 Å².